The van der Waals surface area contributed by atoms with E-state index in [0.29, 0.717) is 0 Å². The van der Waals surface area contributed by atoms with Crippen molar-refractivity contribution in [1.82, 2.24) is 9.97 Å². The van der Waals surface area contributed by atoms with Crippen LogP contribution in [0.2, 0.25) is 0 Å². The first-order chi connectivity index (χ1) is 7.88. The van der Waals surface area contributed by atoms with Gasteiger partial charge in [-0.25, -0.2) is 4.98 Å². The van der Waals surface area contributed by atoms with E-state index in [4.69, 9.17) is 5.11 Å². The van der Waals surface area contributed by atoms with Gasteiger partial charge < -0.3 is 10.1 Å². The normalized spacial score (nSPS) is 9.56. The fraction of sp³-hybridized carbons (Fsp3) is 0.154. The monoisotopic (exact) mass is 212 g/mol. The van der Waals surface area contributed by atoms with Crippen LogP contribution in [0.15, 0.2) is 36.7 Å². The summed E-state index contributed by atoms with van der Waals surface area (Å²) in [5, 5.41) is 8.57. The van der Waals surface area contributed by atoms with E-state index in [2.05, 4.69) is 21.8 Å². The number of aromatic nitrogens is 2. The highest BCUT2D eigenvalue weighted by Gasteiger charge is 1.97. The summed E-state index contributed by atoms with van der Waals surface area (Å²) in [6.45, 7) is -0.103. The molecular weight excluding hydrogens is 200 g/mol. The molecular formula is C13H12N2O. The SMILES string of the molecule is OCC#Cc1ccc(Cc2ncc[nH]2)cc1. The molecule has 2 aromatic rings. The molecule has 1 aromatic carbocycles. The van der Waals surface area contributed by atoms with E-state index in [0.717, 1.165) is 17.8 Å². The van der Waals surface area contributed by atoms with Gasteiger partial charge >= 0.3 is 0 Å². The number of aliphatic hydroxyl groups is 1. The van der Waals surface area contributed by atoms with Crippen molar-refractivity contribution in [1.29, 1.82) is 0 Å². The Morgan fingerprint density at radius 2 is 2.06 bits per heavy atom. The summed E-state index contributed by atoms with van der Waals surface area (Å²) in [7, 11) is 0. The van der Waals surface area contributed by atoms with Crippen LogP contribution in [0.4, 0.5) is 0 Å². The number of aliphatic hydroxyl groups excluding tert-OH is 1. The maximum Gasteiger partial charge on any atom is 0.110 e. The van der Waals surface area contributed by atoms with Gasteiger partial charge in [-0.1, -0.05) is 24.0 Å². The van der Waals surface area contributed by atoms with Gasteiger partial charge in [0, 0.05) is 24.4 Å². The molecule has 0 saturated carbocycles. The second-order valence-corrected chi connectivity index (χ2v) is 3.37. The van der Waals surface area contributed by atoms with Crippen molar-refractivity contribution in [3.05, 3.63) is 53.6 Å². The van der Waals surface area contributed by atoms with E-state index in [9.17, 15) is 0 Å². The quantitative estimate of drug-likeness (QED) is 0.738. The maximum absolute atomic E-state index is 8.57. The predicted molar refractivity (Wildman–Crippen MR) is 61.8 cm³/mol. The minimum Gasteiger partial charge on any atom is -0.384 e. The zero-order chi connectivity index (χ0) is 11.2. The lowest BCUT2D eigenvalue weighted by atomic mass is 10.1. The smallest absolute Gasteiger partial charge is 0.110 e. The molecule has 0 aliphatic carbocycles. The summed E-state index contributed by atoms with van der Waals surface area (Å²) < 4.78 is 0. The molecule has 0 aliphatic rings. The number of hydrogen-bond acceptors (Lipinski definition) is 2. The Hall–Kier alpha value is -2.05. The molecule has 80 valence electrons. The molecule has 0 fully saturated rings. The van der Waals surface area contributed by atoms with Gasteiger partial charge in [-0.05, 0) is 17.7 Å². The lowest BCUT2D eigenvalue weighted by molar-refractivity contribution is 0.350. The van der Waals surface area contributed by atoms with Gasteiger partial charge in [-0.15, -0.1) is 0 Å². The molecule has 2 N–H and O–H groups in total. The highest BCUT2D eigenvalue weighted by molar-refractivity contribution is 5.36. The number of H-pyrrole nitrogens is 1. The Kier molecular flexibility index (Phi) is 3.37. The van der Waals surface area contributed by atoms with Gasteiger partial charge in [0.25, 0.3) is 0 Å². The standard InChI is InChI=1S/C13H12N2O/c16-9-1-2-11-3-5-12(6-4-11)10-13-14-7-8-15-13/h3-8,16H,9-10H2,(H,14,15). The molecule has 2 rings (SSSR count). The number of aromatic amines is 1. The van der Waals surface area contributed by atoms with E-state index in [1.165, 1.54) is 5.56 Å². The molecule has 0 aliphatic heterocycles. The summed E-state index contributed by atoms with van der Waals surface area (Å²) in [4.78, 5) is 7.23. The van der Waals surface area contributed by atoms with Crippen LogP contribution in [0.1, 0.15) is 17.0 Å². The number of nitrogens with one attached hydrogen (secondary N) is 1. The van der Waals surface area contributed by atoms with Gasteiger partial charge in [-0.2, -0.15) is 0 Å². The second kappa shape index (κ2) is 5.15. The number of benzene rings is 1. The van der Waals surface area contributed by atoms with Crippen LogP contribution in [0, 0.1) is 11.8 Å². The third-order valence-corrected chi connectivity index (χ3v) is 2.19. The molecule has 3 heteroatoms. The first kappa shape index (κ1) is 10.5. The molecule has 0 spiro atoms. The first-order valence-corrected chi connectivity index (χ1v) is 5.05. The molecule has 0 radical (unpaired) electrons. The average Bonchev–Trinajstić information content (AvgIpc) is 2.81. The van der Waals surface area contributed by atoms with Crippen LogP contribution >= 0.6 is 0 Å². The maximum atomic E-state index is 8.57. The largest absolute Gasteiger partial charge is 0.384 e. The number of imidazole rings is 1. The van der Waals surface area contributed by atoms with Crippen LogP contribution < -0.4 is 0 Å². The molecule has 1 aromatic heterocycles. The number of nitrogens with zero attached hydrogens (tertiary/aromatic N) is 1. The first-order valence-electron chi connectivity index (χ1n) is 5.05. The molecule has 16 heavy (non-hydrogen) atoms. The fourth-order valence-electron chi connectivity index (χ4n) is 1.44. The van der Waals surface area contributed by atoms with Crippen molar-refractivity contribution in [2.75, 3.05) is 6.61 Å². The minimum absolute atomic E-state index is 0.103. The topological polar surface area (TPSA) is 48.9 Å². The van der Waals surface area contributed by atoms with Crippen molar-refractivity contribution in [2.45, 2.75) is 6.42 Å². The number of hydrogen-bond donors (Lipinski definition) is 2. The predicted octanol–water partition coefficient (Wildman–Crippen LogP) is 1.34. The third-order valence-electron chi connectivity index (χ3n) is 2.19. The molecule has 0 bridgehead atoms. The summed E-state index contributed by atoms with van der Waals surface area (Å²) >= 11 is 0. The van der Waals surface area contributed by atoms with Gasteiger partial charge in [0.05, 0.1) is 0 Å². The van der Waals surface area contributed by atoms with Crippen LogP contribution in [-0.2, 0) is 6.42 Å². The van der Waals surface area contributed by atoms with Gasteiger partial charge in [0.1, 0.15) is 12.4 Å². The van der Waals surface area contributed by atoms with Crippen molar-refractivity contribution in [3.63, 3.8) is 0 Å². The molecule has 1 heterocycles. The average molecular weight is 212 g/mol. The summed E-state index contributed by atoms with van der Waals surface area (Å²) in [5.41, 5.74) is 2.10. The Labute approximate surface area is 94.2 Å². The van der Waals surface area contributed by atoms with Crippen molar-refractivity contribution in [3.8, 4) is 11.8 Å². The van der Waals surface area contributed by atoms with Crippen LogP contribution in [0.3, 0.4) is 0 Å². The van der Waals surface area contributed by atoms with E-state index in [-0.39, 0.29) is 6.61 Å². The van der Waals surface area contributed by atoms with E-state index in [1.807, 2.05) is 30.5 Å². The summed E-state index contributed by atoms with van der Waals surface area (Å²) in [6.07, 6.45) is 4.35. The van der Waals surface area contributed by atoms with Gasteiger partial charge in [0.2, 0.25) is 0 Å². The van der Waals surface area contributed by atoms with E-state index >= 15 is 0 Å². The summed E-state index contributed by atoms with van der Waals surface area (Å²) in [5.74, 6) is 6.43. The van der Waals surface area contributed by atoms with Gasteiger partial charge in [0.15, 0.2) is 0 Å². The zero-order valence-corrected chi connectivity index (χ0v) is 8.77. The number of rotatable bonds is 2. The minimum atomic E-state index is -0.103. The van der Waals surface area contributed by atoms with E-state index in [1.54, 1.807) is 6.20 Å². The van der Waals surface area contributed by atoms with Crippen LogP contribution in [0.5, 0.6) is 0 Å². The zero-order valence-electron chi connectivity index (χ0n) is 8.77. The fourth-order valence-corrected chi connectivity index (χ4v) is 1.44. The Balaban J connectivity index is 2.07. The van der Waals surface area contributed by atoms with E-state index < -0.39 is 0 Å². The van der Waals surface area contributed by atoms with Gasteiger partial charge in [-0.3, -0.25) is 0 Å². The van der Waals surface area contributed by atoms with Crippen molar-refractivity contribution >= 4 is 0 Å². The van der Waals surface area contributed by atoms with Crippen LogP contribution in [0.25, 0.3) is 0 Å². The lowest BCUT2D eigenvalue weighted by Crippen LogP contribution is -1.90. The summed E-state index contributed by atoms with van der Waals surface area (Å²) in [6, 6.07) is 7.93. The highest BCUT2D eigenvalue weighted by atomic mass is 16.2. The Bertz CT molecular complexity index is 489. The molecule has 0 saturated heterocycles. The third kappa shape index (κ3) is 2.72. The molecule has 0 amide bonds. The lowest BCUT2D eigenvalue weighted by Gasteiger charge is -1.98. The molecule has 0 unspecified atom stereocenters. The second-order valence-electron chi connectivity index (χ2n) is 3.37. The molecule has 0 atom stereocenters. The molecule has 3 nitrogen and oxygen atoms in total. The van der Waals surface area contributed by atoms with Crippen LogP contribution in [-0.4, -0.2) is 21.7 Å². The Morgan fingerprint density at radius 3 is 2.69 bits per heavy atom. The van der Waals surface area contributed by atoms with Crippen molar-refractivity contribution < 1.29 is 5.11 Å². The van der Waals surface area contributed by atoms with Crippen molar-refractivity contribution in [2.24, 2.45) is 0 Å². The Morgan fingerprint density at radius 1 is 1.25 bits per heavy atom. The highest BCUT2D eigenvalue weighted by Crippen LogP contribution is 2.07.